The van der Waals surface area contributed by atoms with Gasteiger partial charge in [-0.2, -0.15) is 9.03 Å². The van der Waals surface area contributed by atoms with E-state index in [0.29, 0.717) is 12.4 Å². The van der Waals surface area contributed by atoms with Crippen molar-refractivity contribution in [2.24, 2.45) is 13.5 Å². The molecule has 1 aliphatic rings. The van der Waals surface area contributed by atoms with Crippen LogP contribution in [0.15, 0.2) is 42.3 Å². The van der Waals surface area contributed by atoms with E-state index >= 15 is 0 Å². The molecule has 2 atom stereocenters. The molecule has 2 rings (SSSR count). The summed E-state index contributed by atoms with van der Waals surface area (Å²) in [5.41, 5.74) is 0. The van der Waals surface area contributed by atoms with Gasteiger partial charge in [0, 0.05) is 25.8 Å². The monoisotopic (exact) mass is 601 g/mol. The van der Waals surface area contributed by atoms with Gasteiger partial charge in [-0.15, -0.1) is 4.52 Å². The Morgan fingerprint density at radius 1 is 0.710 bits per heavy atom. The first-order valence-corrected chi connectivity index (χ1v) is 16.3. The molecule has 0 amide bonds. The quantitative estimate of drug-likeness (QED) is 0.165. The number of methoxy groups -OCH3 is 3. The Bertz CT molecular complexity index is 862. The van der Waals surface area contributed by atoms with Crippen LogP contribution in [0, 0.1) is 0 Å². The molecule has 1 aromatic carbocycles. The first-order chi connectivity index (χ1) is 14.8. The number of hydrogen-bond donors (Lipinski definition) is 0. The predicted molar refractivity (Wildman–Crippen MR) is 128 cm³/mol. The summed E-state index contributed by atoms with van der Waals surface area (Å²) < 4.78 is 53.0. The van der Waals surface area contributed by atoms with E-state index < -0.39 is 21.2 Å². The highest BCUT2D eigenvalue weighted by atomic mass is 79.9. The Hall–Kier alpha value is 0.530. The largest absolute Gasteiger partial charge is 0.431 e. The van der Waals surface area contributed by atoms with Gasteiger partial charge in [0.15, 0.2) is 0 Å². The predicted octanol–water partition coefficient (Wildman–Crippen LogP) is 7.15. The number of ether oxygens (including phenoxy) is 3. The number of rotatable bonds is 14. The maximum Gasteiger partial charge on any atom is 0.353 e. The fourth-order valence-electron chi connectivity index (χ4n) is 2.04. The normalized spacial score (nSPS) is 24.7. The van der Waals surface area contributed by atoms with E-state index in [0.717, 1.165) is 4.47 Å². The van der Waals surface area contributed by atoms with Crippen molar-refractivity contribution in [3.05, 3.63) is 28.7 Å². The summed E-state index contributed by atoms with van der Waals surface area (Å²) in [5, 5.41) is 0. The topological polar surface area (TPSA) is 102 Å². The number of halogens is 3. The van der Waals surface area contributed by atoms with Crippen LogP contribution < -0.4 is 4.52 Å². The van der Waals surface area contributed by atoms with Crippen molar-refractivity contribution in [3.63, 3.8) is 0 Å². The first kappa shape index (κ1) is 27.8. The Kier molecular flexibility index (Phi) is 12.0. The fraction of sp³-hybridized carbons (Fsp3) is 0.600. The van der Waals surface area contributed by atoms with Crippen LogP contribution in [0.1, 0.15) is 0 Å². The lowest BCUT2D eigenvalue weighted by atomic mass is 10.3. The SMILES string of the molecule is COCCOP1(Cl)=NP(OCCOC)(OCCOC)=NP(Cl)(Oc2ccc(Br)cc2)=N1. The zero-order chi connectivity index (χ0) is 22.8. The molecule has 0 bridgehead atoms. The average Bonchev–Trinajstić information content (AvgIpc) is 2.69. The lowest BCUT2D eigenvalue weighted by molar-refractivity contribution is 0.118. The van der Waals surface area contributed by atoms with Crippen LogP contribution in [0.2, 0.25) is 0 Å². The molecule has 0 spiro atoms. The van der Waals surface area contributed by atoms with Crippen molar-refractivity contribution >= 4 is 59.6 Å². The number of nitrogens with zero attached hydrogens (tertiary/aromatic N) is 3. The van der Waals surface area contributed by atoms with Gasteiger partial charge in [-0.1, -0.05) is 15.9 Å². The van der Waals surface area contributed by atoms with E-state index in [1.807, 2.05) is 0 Å². The smallest absolute Gasteiger partial charge is 0.353 e. The van der Waals surface area contributed by atoms with E-state index in [1.54, 1.807) is 45.6 Å². The lowest BCUT2D eigenvalue weighted by Crippen LogP contribution is -2.07. The summed E-state index contributed by atoms with van der Waals surface area (Å²) in [7, 11) is 1.28. The molecule has 178 valence electrons. The van der Waals surface area contributed by atoms with Gasteiger partial charge in [0.25, 0.3) is 0 Å². The van der Waals surface area contributed by atoms with Crippen LogP contribution in [0.4, 0.5) is 0 Å². The maximum absolute atomic E-state index is 6.78. The Morgan fingerprint density at radius 2 is 1.23 bits per heavy atom. The zero-order valence-electron chi connectivity index (χ0n) is 17.2. The van der Waals surface area contributed by atoms with Crippen molar-refractivity contribution in [2.45, 2.75) is 0 Å². The second-order valence-corrected chi connectivity index (χ2v) is 15.3. The third-order valence-corrected chi connectivity index (χ3v) is 14.1. The van der Waals surface area contributed by atoms with Gasteiger partial charge < -0.3 is 32.3 Å². The van der Waals surface area contributed by atoms with Crippen molar-refractivity contribution in [2.75, 3.05) is 61.0 Å². The molecule has 0 N–H and O–H groups in total. The zero-order valence-corrected chi connectivity index (χ0v) is 23.0. The Balaban J connectivity index is 2.50. The van der Waals surface area contributed by atoms with Gasteiger partial charge in [0.05, 0.1) is 39.6 Å². The first-order valence-electron chi connectivity index (χ1n) is 8.94. The minimum absolute atomic E-state index is 0.145. The van der Waals surface area contributed by atoms with Gasteiger partial charge in [-0.3, -0.25) is 0 Å². The van der Waals surface area contributed by atoms with Gasteiger partial charge >= 0.3 is 21.2 Å². The van der Waals surface area contributed by atoms with Crippen molar-refractivity contribution in [1.29, 1.82) is 0 Å². The van der Waals surface area contributed by atoms with Crippen molar-refractivity contribution in [3.8, 4) is 5.75 Å². The average molecular weight is 603 g/mol. The second kappa shape index (κ2) is 13.4. The van der Waals surface area contributed by atoms with Crippen LogP contribution in [0.5, 0.6) is 5.75 Å². The molecule has 10 nitrogen and oxygen atoms in total. The highest BCUT2D eigenvalue weighted by molar-refractivity contribution is 9.10. The van der Waals surface area contributed by atoms with Gasteiger partial charge in [0.1, 0.15) is 5.75 Å². The molecule has 1 heterocycles. The van der Waals surface area contributed by atoms with Crippen LogP contribution in [-0.2, 0) is 27.8 Å². The maximum atomic E-state index is 6.78. The molecule has 16 heteroatoms. The lowest BCUT2D eigenvalue weighted by Gasteiger charge is -2.29. The Labute approximate surface area is 200 Å². The minimum Gasteiger partial charge on any atom is -0.431 e. The van der Waals surface area contributed by atoms with Crippen molar-refractivity contribution in [1.82, 2.24) is 0 Å². The molecule has 1 aromatic rings. The van der Waals surface area contributed by atoms with Gasteiger partial charge in [-0.25, -0.2) is 0 Å². The van der Waals surface area contributed by atoms with Crippen LogP contribution in [0.25, 0.3) is 0 Å². The van der Waals surface area contributed by atoms with Crippen molar-refractivity contribution < 1.29 is 32.3 Å². The van der Waals surface area contributed by atoms with Crippen LogP contribution in [-0.4, -0.2) is 61.0 Å². The molecule has 0 aromatic heterocycles. The molecule has 31 heavy (non-hydrogen) atoms. The summed E-state index contributed by atoms with van der Waals surface area (Å²) in [6.45, 7) is -5.43. The molecule has 1 aliphatic heterocycles. The molecular weight excluding hydrogens is 578 g/mol. The molecule has 2 unspecified atom stereocenters. The van der Waals surface area contributed by atoms with E-state index in [-0.39, 0.29) is 33.0 Å². The molecule has 0 radical (unpaired) electrons. The second-order valence-electron chi connectivity index (χ2n) is 5.73. The highest BCUT2D eigenvalue weighted by Crippen LogP contribution is 2.82. The van der Waals surface area contributed by atoms with Crippen LogP contribution in [0.3, 0.4) is 0 Å². The number of hydrogen-bond acceptors (Lipinski definition) is 10. The Morgan fingerprint density at radius 3 is 1.74 bits per heavy atom. The fourth-order valence-corrected chi connectivity index (χ4v) is 13.9. The van der Waals surface area contributed by atoms with E-state index in [4.69, 9.17) is 54.8 Å². The summed E-state index contributed by atoms with van der Waals surface area (Å²) in [5.74, 6) is 0.452. The van der Waals surface area contributed by atoms with E-state index in [9.17, 15) is 0 Å². The summed E-state index contributed by atoms with van der Waals surface area (Å²) in [6, 6.07) is 7.06. The molecular formula is C15H25BrCl2N3O7P3. The van der Waals surface area contributed by atoms with Gasteiger partial charge in [0.2, 0.25) is 0 Å². The number of benzene rings is 1. The summed E-state index contributed by atoms with van der Waals surface area (Å²) >= 11 is 16.9. The summed E-state index contributed by atoms with van der Waals surface area (Å²) in [6.07, 6.45) is 0. The molecule has 0 fully saturated rings. The highest BCUT2D eigenvalue weighted by Gasteiger charge is 2.40. The van der Waals surface area contributed by atoms with Crippen LogP contribution >= 0.6 is 59.6 Å². The third-order valence-electron chi connectivity index (χ3n) is 3.34. The van der Waals surface area contributed by atoms with E-state index in [2.05, 4.69) is 29.5 Å². The van der Waals surface area contributed by atoms with Gasteiger partial charge in [-0.05, 0) is 46.7 Å². The third kappa shape index (κ3) is 9.36. The molecule has 0 aliphatic carbocycles. The molecule has 0 saturated heterocycles. The minimum atomic E-state index is -3.41. The van der Waals surface area contributed by atoms with E-state index in [1.165, 1.54) is 0 Å². The summed E-state index contributed by atoms with van der Waals surface area (Å²) in [4.78, 5) is 0. The standard InChI is InChI=1S/C15H25BrCl2N3O7P3/c1-22-8-11-25-29(17)19-30(18,28-15-6-4-14(16)5-7-15)21-31(20-29,26-12-9-23-2)27-13-10-24-3/h4-7H,8-13H2,1-3H3. The molecule has 0 saturated carbocycles.